The van der Waals surface area contributed by atoms with Crippen LogP contribution in [0.2, 0.25) is 5.02 Å². The van der Waals surface area contributed by atoms with E-state index in [1.54, 1.807) is 18.2 Å². The Hall–Kier alpha value is -1.34. The third kappa shape index (κ3) is 4.57. The van der Waals surface area contributed by atoms with Crippen molar-refractivity contribution in [2.75, 3.05) is 19.7 Å². The van der Waals surface area contributed by atoms with Gasteiger partial charge >= 0.3 is 5.97 Å². The van der Waals surface area contributed by atoms with Gasteiger partial charge in [-0.2, -0.15) is 0 Å². The quantitative estimate of drug-likeness (QED) is 0.740. The zero-order valence-corrected chi connectivity index (χ0v) is 12.3. The number of nitrogens with two attached hydrogens (primary N) is 1. The molecule has 0 amide bonds. The molecule has 116 valence electrons. The van der Waals surface area contributed by atoms with E-state index >= 15 is 0 Å². The lowest BCUT2D eigenvalue weighted by Crippen LogP contribution is -2.50. The highest BCUT2D eigenvalue weighted by molar-refractivity contribution is 6.30. The van der Waals surface area contributed by atoms with Gasteiger partial charge in [-0.15, -0.1) is 0 Å². The Bertz CT molecular complexity index is 512. The van der Waals surface area contributed by atoms with Gasteiger partial charge in [0.2, 0.25) is 0 Å². The second-order valence-corrected chi connectivity index (χ2v) is 5.63. The number of aliphatic hydroxyl groups is 1. The molecular weight excluding hydrogens is 296 g/mol. The van der Waals surface area contributed by atoms with E-state index in [1.165, 1.54) is 0 Å². The molecular formula is C14H19ClN2O4. The minimum Gasteiger partial charge on any atom is -0.482 e. The minimum atomic E-state index is -1.03. The Kier molecular flexibility index (Phi) is 5.41. The third-order valence-electron chi connectivity index (χ3n) is 3.49. The molecule has 1 aromatic rings. The second kappa shape index (κ2) is 7.09. The highest BCUT2D eigenvalue weighted by Gasteiger charge is 2.25. The van der Waals surface area contributed by atoms with E-state index in [-0.39, 0.29) is 6.04 Å². The van der Waals surface area contributed by atoms with Crippen LogP contribution in [-0.2, 0) is 11.3 Å². The van der Waals surface area contributed by atoms with Crippen LogP contribution < -0.4 is 10.5 Å². The van der Waals surface area contributed by atoms with Crippen LogP contribution in [0.25, 0.3) is 0 Å². The summed E-state index contributed by atoms with van der Waals surface area (Å²) >= 11 is 5.99. The minimum absolute atomic E-state index is 0.191. The van der Waals surface area contributed by atoms with Gasteiger partial charge in [0.25, 0.3) is 0 Å². The molecule has 2 rings (SSSR count). The molecule has 2 atom stereocenters. The maximum atomic E-state index is 10.6. The largest absolute Gasteiger partial charge is 0.482 e. The monoisotopic (exact) mass is 314 g/mol. The predicted molar refractivity (Wildman–Crippen MR) is 78.5 cm³/mol. The van der Waals surface area contributed by atoms with Crippen LogP contribution in [0.3, 0.4) is 0 Å². The van der Waals surface area contributed by atoms with Crippen molar-refractivity contribution in [1.82, 2.24) is 4.90 Å². The molecule has 1 fully saturated rings. The van der Waals surface area contributed by atoms with Crippen molar-refractivity contribution < 1.29 is 19.7 Å². The number of hydrogen-bond acceptors (Lipinski definition) is 5. The number of likely N-dealkylation sites (tertiary alicyclic amines) is 1. The van der Waals surface area contributed by atoms with Crippen LogP contribution in [0.15, 0.2) is 18.2 Å². The number of benzene rings is 1. The molecule has 1 heterocycles. The Morgan fingerprint density at radius 2 is 2.29 bits per heavy atom. The highest BCUT2D eigenvalue weighted by atomic mass is 35.5. The summed E-state index contributed by atoms with van der Waals surface area (Å²) in [6.45, 7) is 1.37. The molecule has 0 aromatic heterocycles. The number of nitrogens with zero attached hydrogens (tertiary/aromatic N) is 1. The molecule has 0 unspecified atom stereocenters. The van der Waals surface area contributed by atoms with Crippen molar-refractivity contribution in [1.29, 1.82) is 0 Å². The Balaban J connectivity index is 2.07. The van der Waals surface area contributed by atoms with Gasteiger partial charge in [0.15, 0.2) is 6.61 Å². The Morgan fingerprint density at radius 1 is 1.52 bits per heavy atom. The number of aliphatic carboxylic acids is 1. The summed E-state index contributed by atoms with van der Waals surface area (Å²) in [5, 5.41) is 19.1. The Morgan fingerprint density at radius 3 is 2.95 bits per heavy atom. The number of β-amino-alcohol motifs (C(OH)–C–C–N with tert-alkyl or cyclic N) is 1. The van der Waals surface area contributed by atoms with Gasteiger partial charge in [-0.25, -0.2) is 4.79 Å². The molecule has 1 saturated heterocycles. The summed E-state index contributed by atoms with van der Waals surface area (Å²) < 4.78 is 5.27. The normalized spacial score (nSPS) is 23.0. The number of aliphatic hydroxyl groups excluding tert-OH is 1. The van der Waals surface area contributed by atoms with E-state index in [9.17, 15) is 9.90 Å². The van der Waals surface area contributed by atoms with Crippen molar-refractivity contribution in [2.45, 2.75) is 25.1 Å². The molecule has 0 spiro atoms. The van der Waals surface area contributed by atoms with Crippen molar-refractivity contribution in [2.24, 2.45) is 5.73 Å². The fourth-order valence-electron chi connectivity index (χ4n) is 2.35. The first-order chi connectivity index (χ1) is 9.95. The van der Waals surface area contributed by atoms with E-state index < -0.39 is 18.7 Å². The number of piperidine rings is 1. The maximum Gasteiger partial charge on any atom is 0.341 e. The number of carbonyl (C=O) groups is 1. The van der Waals surface area contributed by atoms with Gasteiger partial charge in [-0.1, -0.05) is 11.6 Å². The predicted octanol–water partition coefficient (Wildman–Crippen LogP) is 0.697. The molecule has 4 N–H and O–H groups in total. The SMILES string of the molecule is N[C@@H]1CCN(Cc2cc(Cl)ccc2OCC(=O)O)C[C@H]1O. The third-order valence-corrected chi connectivity index (χ3v) is 3.72. The van der Waals surface area contributed by atoms with Crippen molar-refractivity contribution in [3.05, 3.63) is 28.8 Å². The Labute approximate surface area is 128 Å². The molecule has 1 aliphatic rings. The van der Waals surface area contributed by atoms with E-state index in [2.05, 4.69) is 0 Å². The van der Waals surface area contributed by atoms with Crippen LogP contribution in [0, 0.1) is 0 Å². The molecule has 1 aliphatic heterocycles. The summed E-state index contributed by atoms with van der Waals surface area (Å²) in [7, 11) is 0. The topological polar surface area (TPSA) is 96.0 Å². The van der Waals surface area contributed by atoms with Gasteiger partial charge in [0, 0.05) is 36.3 Å². The molecule has 1 aromatic carbocycles. The average Bonchev–Trinajstić information content (AvgIpc) is 2.42. The van der Waals surface area contributed by atoms with Crippen molar-refractivity contribution in [3.8, 4) is 5.75 Å². The van der Waals surface area contributed by atoms with Crippen LogP contribution in [0.4, 0.5) is 0 Å². The lowest BCUT2D eigenvalue weighted by molar-refractivity contribution is -0.139. The lowest BCUT2D eigenvalue weighted by Gasteiger charge is -2.34. The van der Waals surface area contributed by atoms with Crippen molar-refractivity contribution >= 4 is 17.6 Å². The second-order valence-electron chi connectivity index (χ2n) is 5.19. The fraction of sp³-hybridized carbons (Fsp3) is 0.500. The average molecular weight is 315 g/mol. The fourth-order valence-corrected chi connectivity index (χ4v) is 2.55. The van der Waals surface area contributed by atoms with Crippen LogP contribution in [0.5, 0.6) is 5.75 Å². The van der Waals surface area contributed by atoms with E-state index in [4.69, 9.17) is 27.2 Å². The van der Waals surface area contributed by atoms with Gasteiger partial charge in [-0.05, 0) is 24.6 Å². The summed E-state index contributed by atoms with van der Waals surface area (Å²) in [5.41, 5.74) is 6.58. The van der Waals surface area contributed by atoms with Gasteiger partial charge in [0.1, 0.15) is 5.75 Å². The highest BCUT2D eigenvalue weighted by Crippen LogP contribution is 2.25. The zero-order chi connectivity index (χ0) is 15.4. The van der Waals surface area contributed by atoms with Crippen LogP contribution in [0.1, 0.15) is 12.0 Å². The lowest BCUT2D eigenvalue weighted by atomic mass is 10.0. The summed E-state index contributed by atoms with van der Waals surface area (Å²) in [5.74, 6) is -0.540. The maximum absolute atomic E-state index is 10.6. The molecule has 0 aliphatic carbocycles. The summed E-state index contributed by atoms with van der Waals surface area (Å²) in [6, 6.07) is 4.87. The first-order valence-corrected chi connectivity index (χ1v) is 7.12. The molecule has 0 bridgehead atoms. The van der Waals surface area contributed by atoms with E-state index in [1.807, 2.05) is 4.90 Å². The number of carboxylic acids is 1. The number of ether oxygens (including phenoxy) is 1. The number of carboxylic acid groups (broad SMARTS) is 1. The van der Waals surface area contributed by atoms with Crippen LogP contribution in [-0.4, -0.2) is 52.9 Å². The summed E-state index contributed by atoms with van der Waals surface area (Å²) in [6.07, 6.45) is 0.161. The smallest absolute Gasteiger partial charge is 0.341 e. The first kappa shape index (κ1) is 16.0. The van der Waals surface area contributed by atoms with Gasteiger partial charge < -0.3 is 20.7 Å². The number of halogens is 1. The molecule has 0 saturated carbocycles. The van der Waals surface area contributed by atoms with E-state index in [0.29, 0.717) is 30.3 Å². The zero-order valence-electron chi connectivity index (χ0n) is 11.5. The van der Waals surface area contributed by atoms with Gasteiger partial charge in [0.05, 0.1) is 6.10 Å². The first-order valence-electron chi connectivity index (χ1n) is 6.74. The standard InChI is InChI=1S/C14H19ClN2O4/c15-10-1-2-13(21-8-14(19)20)9(5-10)6-17-4-3-11(16)12(18)7-17/h1-2,5,11-12,18H,3-4,6-8,16H2,(H,19,20)/t11-,12-/m1/s1. The number of rotatable bonds is 5. The molecule has 6 nitrogen and oxygen atoms in total. The van der Waals surface area contributed by atoms with Gasteiger partial charge in [-0.3, -0.25) is 4.90 Å². The van der Waals surface area contributed by atoms with E-state index in [0.717, 1.165) is 12.1 Å². The molecule has 7 heteroatoms. The van der Waals surface area contributed by atoms with Crippen molar-refractivity contribution in [3.63, 3.8) is 0 Å². The van der Waals surface area contributed by atoms with Crippen LogP contribution >= 0.6 is 11.6 Å². The number of hydrogen-bond donors (Lipinski definition) is 3. The molecule has 0 radical (unpaired) electrons. The molecule has 21 heavy (non-hydrogen) atoms. The summed E-state index contributed by atoms with van der Waals surface area (Å²) in [4.78, 5) is 12.7.